The SMILES string of the molecule is CN(C)C1CCN(c2cc(N3CCOCC3)ncn2)C1. The fourth-order valence-corrected chi connectivity index (χ4v) is 2.85. The smallest absolute Gasteiger partial charge is 0.134 e. The minimum absolute atomic E-state index is 0.622. The van der Waals surface area contributed by atoms with E-state index in [2.05, 4.69) is 44.8 Å². The van der Waals surface area contributed by atoms with E-state index in [0.29, 0.717) is 6.04 Å². The van der Waals surface area contributed by atoms with E-state index in [-0.39, 0.29) is 0 Å². The summed E-state index contributed by atoms with van der Waals surface area (Å²) in [5.41, 5.74) is 0. The number of hydrogen-bond acceptors (Lipinski definition) is 6. The maximum Gasteiger partial charge on any atom is 0.134 e. The maximum absolute atomic E-state index is 5.39. The van der Waals surface area contributed by atoms with Crippen molar-refractivity contribution in [3.63, 3.8) is 0 Å². The van der Waals surface area contributed by atoms with E-state index in [4.69, 9.17) is 4.74 Å². The fourth-order valence-electron chi connectivity index (χ4n) is 2.85. The zero-order valence-electron chi connectivity index (χ0n) is 12.3. The van der Waals surface area contributed by atoms with Crippen molar-refractivity contribution in [2.45, 2.75) is 12.5 Å². The van der Waals surface area contributed by atoms with E-state index >= 15 is 0 Å². The van der Waals surface area contributed by atoms with Gasteiger partial charge < -0.3 is 19.4 Å². The van der Waals surface area contributed by atoms with Crippen LogP contribution in [0.25, 0.3) is 0 Å². The van der Waals surface area contributed by atoms with Gasteiger partial charge in [-0.2, -0.15) is 0 Å². The first kappa shape index (κ1) is 13.6. The van der Waals surface area contributed by atoms with Crippen molar-refractivity contribution in [3.05, 3.63) is 12.4 Å². The average molecular weight is 277 g/mol. The normalized spacial score (nSPS) is 23.6. The second-order valence-electron chi connectivity index (χ2n) is 5.69. The summed E-state index contributed by atoms with van der Waals surface area (Å²) in [5, 5.41) is 0. The van der Waals surface area contributed by atoms with E-state index in [1.807, 2.05) is 0 Å². The molecule has 0 saturated carbocycles. The third-order valence-electron chi connectivity index (χ3n) is 4.19. The van der Waals surface area contributed by atoms with Crippen LogP contribution in [0.1, 0.15) is 6.42 Å². The first-order valence-corrected chi connectivity index (χ1v) is 7.30. The lowest BCUT2D eigenvalue weighted by Gasteiger charge is -2.28. The Bertz CT molecular complexity index is 447. The summed E-state index contributed by atoms with van der Waals surface area (Å²) in [5.74, 6) is 2.07. The number of rotatable bonds is 3. The quantitative estimate of drug-likeness (QED) is 0.799. The maximum atomic E-state index is 5.39. The third-order valence-corrected chi connectivity index (χ3v) is 4.19. The molecular formula is C14H23N5O. The lowest BCUT2D eigenvalue weighted by Crippen LogP contribution is -2.37. The van der Waals surface area contributed by atoms with Crippen molar-refractivity contribution in [1.82, 2.24) is 14.9 Å². The Kier molecular flexibility index (Phi) is 4.03. The van der Waals surface area contributed by atoms with Gasteiger partial charge in [0.1, 0.15) is 18.0 Å². The molecule has 0 bridgehead atoms. The molecule has 2 saturated heterocycles. The summed E-state index contributed by atoms with van der Waals surface area (Å²) in [6.45, 7) is 5.51. The molecule has 0 spiro atoms. The highest BCUT2D eigenvalue weighted by Gasteiger charge is 2.25. The Labute approximate surface area is 120 Å². The van der Waals surface area contributed by atoms with Gasteiger partial charge in [-0.15, -0.1) is 0 Å². The van der Waals surface area contributed by atoms with Crippen molar-refractivity contribution in [1.29, 1.82) is 0 Å². The Balaban J connectivity index is 1.71. The molecule has 2 fully saturated rings. The van der Waals surface area contributed by atoms with E-state index in [0.717, 1.165) is 51.0 Å². The van der Waals surface area contributed by atoms with Crippen LogP contribution in [-0.4, -0.2) is 74.4 Å². The zero-order chi connectivity index (χ0) is 13.9. The van der Waals surface area contributed by atoms with Crippen LogP contribution in [0.3, 0.4) is 0 Å². The largest absolute Gasteiger partial charge is 0.378 e. The first-order valence-electron chi connectivity index (χ1n) is 7.30. The molecule has 20 heavy (non-hydrogen) atoms. The topological polar surface area (TPSA) is 44.7 Å². The lowest BCUT2D eigenvalue weighted by atomic mass is 10.2. The lowest BCUT2D eigenvalue weighted by molar-refractivity contribution is 0.122. The Morgan fingerprint density at radius 1 is 1.10 bits per heavy atom. The van der Waals surface area contributed by atoms with Gasteiger partial charge in [-0.1, -0.05) is 0 Å². The standard InChI is InChI=1S/C14H23N5O/c1-17(2)12-3-4-19(10-12)14-9-13(15-11-16-14)18-5-7-20-8-6-18/h9,11-12H,3-8,10H2,1-2H3. The van der Waals surface area contributed by atoms with Crippen LogP contribution in [0.4, 0.5) is 11.6 Å². The van der Waals surface area contributed by atoms with Crippen molar-refractivity contribution < 1.29 is 4.74 Å². The summed E-state index contributed by atoms with van der Waals surface area (Å²) < 4.78 is 5.39. The second-order valence-corrected chi connectivity index (χ2v) is 5.69. The minimum atomic E-state index is 0.622. The van der Waals surface area contributed by atoms with Gasteiger partial charge in [0.2, 0.25) is 0 Å². The molecule has 0 radical (unpaired) electrons. The van der Waals surface area contributed by atoms with E-state index < -0.39 is 0 Å². The van der Waals surface area contributed by atoms with E-state index in [9.17, 15) is 0 Å². The molecule has 0 aromatic carbocycles. The highest BCUT2D eigenvalue weighted by Crippen LogP contribution is 2.23. The Morgan fingerprint density at radius 3 is 2.45 bits per heavy atom. The molecule has 0 aliphatic carbocycles. The van der Waals surface area contributed by atoms with Crippen LogP contribution in [0, 0.1) is 0 Å². The molecule has 2 aliphatic rings. The van der Waals surface area contributed by atoms with Crippen LogP contribution in [-0.2, 0) is 4.74 Å². The highest BCUT2D eigenvalue weighted by molar-refractivity contribution is 5.51. The zero-order valence-corrected chi connectivity index (χ0v) is 12.3. The molecule has 6 nitrogen and oxygen atoms in total. The predicted molar refractivity (Wildman–Crippen MR) is 79.4 cm³/mol. The molecule has 3 rings (SSSR count). The number of nitrogens with zero attached hydrogens (tertiary/aromatic N) is 5. The van der Waals surface area contributed by atoms with Crippen molar-refractivity contribution >= 4 is 11.6 Å². The molecule has 6 heteroatoms. The summed E-state index contributed by atoms with van der Waals surface area (Å²) in [6.07, 6.45) is 2.88. The summed E-state index contributed by atoms with van der Waals surface area (Å²) in [4.78, 5) is 15.8. The molecule has 0 N–H and O–H groups in total. The van der Waals surface area contributed by atoms with Crippen LogP contribution in [0.5, 0.6) is 0 Å². The fraction of sp³-hybridized carbons (Fsp3) is 0.714. The molecule has 1 aromatic rings. The molecule has 0 amide bonds. The van der Waals surface area contributed by atoms with Crippen LogP contribution in [0.15, 0.2) is 12.4 Å². The number of hydrogen-bond donors (Lipinski definition) is 0. The molecule has 2 aliphatic heterocycles. The van der Waals surface area contributed by atoms with Gasteiger partial charge in [0.05, 0.1) is 13.2 Å². The van der Waals surface area contributed by atoms with Crippen molar-refractivity contribution in [2.24, 2.45) is 0 Å². The number of anilines is 2. The van der Waals surface area contributed by atoms with Crippen molar-refractivity contribution in [3.8, 4) is 0 Å². The Morgan fingerprint density at radius 2 is 1.80 bits per heavy atom. The summed E-state index contributed by atoms with van der Waals surface area (Å²) in [7, 11) is 4.29. The van der Waals surface area contributed by atoms with E-state index in [1.165, 1.54) is 6.42 Å². The van der Waals surface area contributed by atoms with Gasteiger partial charge in [0, 0.05) is 38.3 Å². The van der Waals surface area contributed by atoms with Crippen LogP contribution >= 0.6 is 0 Å². The van der Waals surface area contributed by atoms with Gasteiger partial charge in [-0.25, -0.2) is 9.97 Å². The molecule has 1 atom stereocenters. The first-order chi connectivity index (χ1) is 9.74. The molecular weight excluding hydrogens is 254 g/mol. The van der Waals surface area contributed by atoms with Gasteiger partial charge >= 0.3 is 0 Å². The minimum Gasteiger partial charge on any atom is -0.378 e. The predicted octanol–water partition coefficient (Wildman–Crippen LogP) is 0.454. The molecule has 1 aromatic heterocycles. The van der Waals surface area contributed by atoms with Gasteiger partial charge in [0.25, 0.3) is 0 Å². The summed E-state index contributed by atoms with van der Waals surface area (Å²) in [6, 6.07) is 2.74. The van der Waals surface area contributed by atoms with Gasteiger partial charge in [-0.3, -0.25) is 0 Å². The van der Waals surface area contributed by atoms with Crippen LogP contribution < -0.4 is 9.80 Å². The molecule has 3 heterocycles. The second kappa shape index (κ2) is 5.93. The number of morpholine rings is 1. The van der Waals surface area contributed by atoms with Gasteiger partial charge in [0.15, 0.2) is 0 Å². The number of aromatic nitrogens is 2. The van der Waals surface area contributed by atoms with Crippen LogP contribution in [0.2, 0.25) is 0 Å². The average Bonchev–Trinajstić information content (AvgIpc) is 2.98. The summed E-state index contributed by atoms with van der Waals surface area (Å²) >= 11 is 0. The Hall–Kier alpha value is -1.40. The number of likely N-dealkylation sites (N-methyl/N-ethyl adjacent to an activating group) is 1. The third kappa shape index (κ3) is 2.86. The van der Waals surface area contributed by atoms with Gasteiger partial charge in [-0.05, 0) is 20.5 Å². The monoisotopic (exact) mass is 277 g/mol. The molecule has 110 valence electrons. The number of ether oxygens (including phenoxy) is 1. The van der Waals surface area contributed by atoms with Crippen molar-refractivity contribution in [2.75, 3.05) is 63.3 Å². The highest BCUT2D eigenvalue weighted by atomic mass is 16.5. The van der Waals surface area contributed by atoms with E-state index in [1.54, 1.807) is 6.33 Å². The molecule has 1 unspecified atom stereocenters.